The summed E-state index contributed by atoms with van der Waals surface area (Å²) < 4.78 is 11.9. The molecule has 5 rings (SSSR count). The van der Waals surface area contributed by atoms with Crippen LogP contribution in [0.4, 0.5) is 0 Å². The van der Waals surface area contributed by atoms with Crippen LogP contribution in [0.25, 0.3) is 33.1 Å². The van der Waals surface area contributed by atoms with Gasteiger partial charge in [-0.15, -0.1) is 0 Å². The second-order valence-electron chi connectivity index (χ2n) is 7.54. The van der Waals surface area contributed by atoms with Gasteiger partial charge in [-0.3, -0.25) is 4.98 Å². The minimum atomic E-state index is 0.109. The van der Waals surface area contributed by atoms with Crippen molar-refractivity contribution in [1.29, 1.82) is 5.26 Å². The quantitative estimate of drug-likeness (QED) is 0.531. The van der Waals surface area contributed by atoms with Crippen LogP contribution in [-0.4, -0.2) is 33.1 Å². The summed E-state index contributed by atoms with van der Waals surface area (Å²) in [5, 5.41) is 11.4. The molecule has 0 unspecified atom stereocenters. The summed E-state index contributed by atoms with van der Waals surface area (Å²) in [6.07, 6.45) is 12.6. The van der Waals surface area contributed by atoms with E-state index in [0.717, 1.165) is 64.5 Å². The maximum Gasteiger partial charge on any atom is 0.183 e. The summed E-state index contributed by atoms with van der Waals surface area (Å²) in [4.78, 5) is 16.5. The average Bonchev–Trinajstić information content (AvgIpc) is 3.18. The fourth-order valence-electron chi connectivity index (χ4n) is 4.21. The maximum absolute atomic E-state index is 9.67. The molecular formula is C23H21N5O2. The maximum atomic E-state index is 9.67. The first kappa shape index (κ1) is 18.4. The smallest absolute Gasteiger partial charge is 0.183 e. The summed E-state index contributed by atoms with van der Waals surface area (Å²) in [7, 11) is 1.64. The van der Waals surface area contributed by atoms with Gasteiger partial charge in [0.1, 0.15) is 17.5 Å². The molecule has 4 aromatic rings. The van der Waals surface area contributed by atoms with Gasteiger partial charge in [-0.05, 0) is 37.8 Å². The molecule has 7 heteroatoms. The van der Waals surface area contributed by atoms with Gasteiger partial charge in [0.05, 0.1) is 30.3 Å². The molecule has 150 valence electrons. The van der Waals surface area contributed by atoms with Crippen LogP contribution in [0.2, 0.25) is 0 Å². The molecule has 0 aliphatic heterocycles. The highest BCUT2D eigenvalue weighted by atomic mass is 16.5. The highest BCUT2D eigenvalue weighted by Crippen LogP contribution is 2.38. The minimum Gasteiger partial charge on any atom is -0.496 e. The van der Waals surface area contributed by atoms with Crippen molar-refractivity contribution in [3.05, 3.63) is 42.6 Å². The number of aromatic nitrogens is 4. The van der Waals surface area contributed by atoms with Crippen LogP contribution in [0.1, 0.15) is 37.8 Å². The Labute approximate surface area is 173 Å². The lowest BCUT2D eigenvalue weighted by molar-refractivity contribution is 0.156. The third-order valence-electron chi connectivity index (χ3n) is 5.70. The molecule has 0 saturated heterocycles. The van der Waals surface area contributed by atoms with E-state index in [0.29, 0.717) is 11.4 Å². The first-order chi connectivity index (χ1) is 14.8. The van der Waals surface area contributed by atoms with Crippen LogP contribution in [0.15, 0.2) is 36.9 Å². The monoisotopic (exact) mass is 399 g/mol. The Morgan fingerprint density at radius 1 is 1.13 bits per heavy atom. The lowest BCUT2D eigenvalue weighted by atomic mass is 9.97. The van der Waals surface area contributed by atoms with E-state index in [9.17, 15) is 5.26 Å². The van der Waals surface area contributed by atoms with Crippen LogP contribution in [0.3, 0.4) is 0 Å². The van der Waals surface area contributed by atoms with Crippen molar-refractivity contribution in [1.82, 2.24) is 19.9 Å². The number of nitrogens with zero attached hydrogens (tertiary/aromatic N) is 4. The first-order valence-electron chi connectivity index (χ1n) is 10.1. The lowest BCUT2D eigenvalue weighted by Gasteiger charge is -2.23. The molecule has 1 saturated carbocycles. The number of methoxy groups -OCH3 is 1. The molecule has 4 heterocycles. The molecule has 1 fully saturated rings. The fourth-order valence-corrected chi connectivity index (χ4v) is 4.21. The number of pyridine rings is 3. The van der Waals surface area contributed by atoms with Crippen molar-refractivity contribution < 1.29 is 9.47 Å². The number of aromatic amines is 1. The Morgan fingerprint density at radius 2 is 2.00 bits per heavy atom. The largest absolute Gasteiger partial charge is 0.496 e. The molecule has 1 aliphatic carbocycles. The van der Waals surface area contributed by atoms with Gasteiger partial charge in [-0.1, -0.05) is 6.42 Å². The average molecular weight is 399 g/mol. The molecule has 1 aliphatic rings. The molecule has 30 heavy (non-hydrogen) atoms. The van der Waals surface area contributed by atoms with Crippen LogP contribution in [-0.2, 0) is 0 Å². The summed E-state index contributed by atoms with van der Waals surface area (Å²) >= 11 is 0. The van der Waals surface area contributed by atoms with Crippen LogP contribution in [0.5, 0.6) is 11.5 Å². The van der Waals surface area contributed by atoms with Crippen molar-refractivity contribution in [2.45, 2.75) is 38.2 Å². The van der Waals surface area contributed by atoms with E-state index >= 15 is 0 Å². The van der Waals surface area contributed by atoms with Gasteiger partial charge in [0, 0.05) is 35.1 Å². The number of nitrogens with one attached hydrogen (secondary N) is 1. The molecular weight excluding hydrogens is 378 g/mol. The first-order valence-corrected chi connectivity index (χ1v) is 10.1. The molecule has 0 aromatic carbocycles. The van der Waals surface area contributed by atoms with Gasteiger partial charge in [0.15, 0.2) is 11.4 Å². The number of hydrogen-bond donors (Lipinski definition) is 1. The lowest BCUT2D eigenvalue weighted by Crippen LogP contribution is -2.20. The Hall–Kier alpha value is -3.66. The Kier molecular flexibility index (Phi) is 4.68. The topological polar surface area (TPSA) is 96.7 Å². The molecule has 0 radical (unpaired) electrons. The van der Waals surface area contributed by atoms with E-state index in [1.807, 2.05) is 12.1 Å². The molecule has 7 nitrogen and oxygen atoms in total. The summed E-state index contributed by atoms with van der Waals surface area (Å²) in [6.45, 7) is 0. The van der Waals surface area contributed by atoms with Crippen LogP contribution in [0, 0.1) is 11.3 Å². The second kappa shape index (κ2) is 7.64. The second-order valence-corrected chi connectivity index (χ2v) is 7.54. The summed E-state index contributed by atoms with van der Waals surface area (Å²) in [5.41, 5.74) is 3.57. The number of hydrogen-bond acceptors (Lipinski definition) is 6. The Morgan fingerprint density at radius 3 is 2.80 bits per heavy atom. The normalized spacial score (nSPS) is 14.7. The van der Waals surface area contributed by atoms with Gasteiger partial charge >= 0.3 is 0 Å². The third kappa shape index (κ3) is 3.11. The SMILES string of the molecule is COc1ccncc1-c1cnc2[nH]c3cnc(C#N)c(OC4CCCCC4)c3c2c1. The molecule has 1 N–H and O–H groups in total. The van der Waals surface area contributed by atoms with E-state index < -0.39 is 0 Å². The van der Waals surface area contributed by atoms with E-state index in [4.69, 9.17) is 9.47 Å². The zero-order valence-corrected chi connectivity index (χ0v) is 16.7. The number of nitriles is 1. The Bertz CT molecular complexity index is 1270. The van der Waals surface area contributed by atoms with E-state index in [2.05, 4.69) is 26.0 Å². The van der Waals surface area contributed by atoms with Gasteiger partial charge in [0.25, 0.3) is 0 Å². The molecule has 0 spiro atoms. The highest BCUT2D eigenvalue weighted by Gasteiger charge is 2.22. The summed E-state index contributed by atoms with van der Waals surface area (Å²) in [5.74, 6) is 1.27. The zero-order chi connectivity index (χ0) is 20.5. The van der Waals surface area contributed by atoms with Gasteiger partial charge in [-0.2, -0.15) is 5.26 Å². The molecule has 0 amide bonds. The molecule has 4 aromatic heterocycles. The summed E-state index contributed by atoms with van der Waals surface area (Å²) in [6, 6.07) is 6.06. The number of fused-ring (bicyclic) bond motifs is 3. The predicted molar refractivity (Wildman–Crippen MR) is 113 cm³/mol. The molecule has 0 bridgehead atoms. The van der Waals surface area contributed by atoms with Gasteiger partial charge in [-0.25, -0.2) is 9.97 Å². The van der Waals surface area contributed by atoms with E-state index in [1.54, 1.807) is 31.9 Å². The standard InChI is InChI=1S/C23H21N5O2/c1-29-20-7-8-25-12-17(20)14-9-16-21-19(28-23(16)27-11-14)13-26-18(10-24)22(21)30-15-5-3-2-4-6-15/h7-9,11-13,15H,2-6H2,1H3,(H,27,28). The van der Waals surface area contributed by atoms with Crippen molar-refractivity contribution in [3.8, 4) is 28.7 Å². The van der Waals surface area contributed by atoms with E-state index in [1.165, 1.54) is 6.42 Å². The molecule has 0 atom stereocenters. The van der Waals surface area contributed by atoms with Gasteiger partial charge in [0.2, 0.25) is 0 Å². The highest BCUT2D eigenvalue weighted by molar-refractivity contribution is 6.10. The predicted octanol–water partition coefficient (Wildman–Crippen LogP) is 4.76. The Balaban J connectivity index is 1.71. The zero-order valence-electron chi connectivity index (χ0n) is 16.7. The van der Waals surface area contributed by atoms with Crippen molar-refractivity contribution in [3.63, 3.8) is 0 Å². The fraction of sp³-hybridized carbons (Fsp3) is 0.304. The number of ether oxygens (including phenoxy) is 2. The third-order valence-corrected chi connectivity index (χ3v) is 5.70. The number of rotatable bonds is 4. The van der Waals surface area contributed by atoms with Gasteiger partial charge < -0.3 is 14.5 Å². The van der Waals surface area contributed by atoms with Crippen LogP contribution >= 0.6 is 0 Å². The van der Waals surface area contributed by atoms with Crippen LogP contribution < -0.4 is 9.47 Å². The minimum absolute atomic E-state index is 0.109. The van der Waals surface area contributed by atoms with E-state index in [-0.39, 0.29) is 6.10 Å². The number of H-pyrrole nitrogens is 1. The van der Waals surface area contributed by atoms with Crippen molar-refractivity contribution in [2.24, 2.45) is 0 Å². The van der Waals surface area contributed by atoms with Crippen molar-refractivity contribution in [2.75, 3.05) is 7.11 Å². The van der Waals surface area contributed by atoms with Crippen molar-refractivity contribution >= 4 is 21.9 Å².